The Morgan fingerprint density at radius 3 is 2.71 bits per heavy atom. The van der Waals surface area contributed by atoms with E-state index < -0.39 is 17.1 Å². The number of ether oxygens (including phenoxy) is 1. The van der Waals surface area contributed by atoms with Crippen LogP contribution >= 0.6 is 0 Å². The molecule has 0 aliphatic carbocycles. The van der Waals surface area contributed by atoms with Gasteiger partial charge >= 0.3 is 5.97 Å². The van der Waals surface area contributed by atoms with E-state index in [-0.39, 0.29) is 23.9 Å². The Kier molecular flexibility index (Phi) is 4.51. The lowest BCUT2D eigenvalue weighted by Gasteiger charge is -2.07. The summed E-state index contributed by atoms with van der Waals surface area (Å²) in [6.45, 7) is -0.260. The van der Waals surface area contributed by atoms with Crippen molar-refractivity contribution in [3.8, 4) is 6.07 Å². The van der Waals surface area contributed by atoms with E-state index in [1.807, 2.05) is 6.07 Å². The second-order valence-corrected chi connectivity index (χ2v) is 4.36. The van der Waals surface area contributed by atoms with E-state index in [1.165, 1.54) is 6.07 Å². The lowest BCUT2D eigenvalue weighted by Crippen LogP contribution is -2.32. The Labute approximate surface area is 119 Å². The summed E-state index contributed by atoms with van der Waals surface area (Å²) >= 11 is 0. The van der Waals surface area contributed by atoms with Gasteiger partial charge in [-0.15, -0.1) is 0 Å². The highest BCUT2D eigenvalue weighted by Gasteiger charge is 2.10. The average molecular weight is 287 g/mol. The number of aromatic amines is 1. The number of nitrogens with one attached hydrogen (secondary N) is 1. The summed E-state index contributed by atoms with van der Waals surface area (Å²) in [6.07, 6.45) is 0.728. The molecule has 0 saturated carbocycles. The third kappa shape index (κ3) is 3.36. The molecule has 0 atom stereocenters. The standard InChI is InChI=1S/C14H13N3O4/c15-7-3-4-8-21-12(18)9-17-14(20)11-6-2-1-5-10(11)13(19)16-17/h1-2,5-6H,3-4,8-9H2,(H,16,19). The van der Waals surface area contributed by atoms with Gasteiger partial charge in [-0.2, -0.15) is 5.26 Å². The van der Waals surface area contributed by atoms with Crippen molar-refractivity contribution >= 4 is 16.7 Å². The fourth-order valence-electron chi connectivity index (χ4n) is 1.87. The van der Waals surface area contributed by atoms with Crippen molar-refractivity contribution in [3.63, 3.8) is 0 Å². The number of unbranched alkanes of at least 4 members (excludes halogenated alkanes) is 1. The van der Waals surface area contributed by atoms with E-state index in [4.69, 9.17) is 10.00 Å². The second-order valence-electron chi connectivity index (χ2n) is 4.36. The zero-order chi connectivity index (χ0) is 15.2. The Bertz CT molecular complexity index is 813. The molecule has 21 heavy (non-hydrogen) atoms. The number of carbonyl (C=O) groups excluding carboxylic acids is 1. The molecule has 0 aliphatic heterocycles. The van der Waals surface area contributed by atoms with Crippen LogP contribution in [0.5, 0.6) is 0 Å². The van der Waals surface area contributed by atoms with E-state index in [2.05, 4.69) is 5.10 Å². The molecule has 2 rings (SSSR count). The molecule has 1 aromatic carbocycles. The zero-order valence-corrected chi connectivity index (χ0v) is 11.2. The predicted molar refractivity (Wildman–Crippen MR) is 74.6 cm³/mol. The smallest absolute Gasteiger partial charge is 0.327 e. The van der Waals surface area contributed by atoms with Crippen molar-refractivity contribution in [3.05, 3.63) is 45.0 Å². The molecule has 0 aliphatic rings. The first kappa shape index (κ1) is 14.5. The Morgan fingerprint density at radius 2 is 2.00 bits per heavy atom. The summed E-state index contributed by atoms with van der Waals surface area (Å²) < 4.78 is 5.81. The number of fused-ring (bicyclic) bond motifs is 1. The number of H-pyrrole nitrogens is 1. The molecule has 0 unspecified atom stereocenters. The third-order valence-electron chi connectivity index (χ3n) is 2.87. The SMILES string of the molecule is N#CCCCOC(=O)Cn1[nH]c(=O)c2ccccc2c1=O. The second kappa shape index (κ2) is 6.52. The van der Waals surface area contributed by atoms with E-state index in [1.54, 1.807) is 18.2 Å². The highest BCUT2D eigenvalue weighted by atomic mass is 16.5. The minimum absolute atomic E-state index is 0.110. The minimum atomic E-state index is -0.638. The van der Waals surface area contributed by atoms with Crippen molar-refractivity contribution in [2.45, 2.75) is 19.4 Å². The van der Waals surface area contributed by atoms with Crippen LogP contribution in [0.1, 0.15) is 12.8 Å². The monoisotopic (exact) mass is 287 g/mol. The Hall–Kier alpha value is -2.88. The molecule has 0 bridgehead atoms. The number of hydrogen-bond acceptors (Lipinski definition) is 5. The first-order chi connectivity index (χ1) is 10.1. The molecule has 0 radical (unpaired) electrons. The van der Waals surface area contributed by atoms with Gasteiger partial charge in [0.2, 0.25) is 0 Å². The van der Waals surface area contributed by atoms with Gasteiger partial charge in [0.15, 0.2) is 0 Å². The largest absolute Gasteiger partial charge is 0.464 e. The van der Waals surface area contributed by atoms with Crippen LogP contribution in [0.4, 0.5) is 0 Å². The molecule has 0 spiro atoms. The lowest BCUT2D eigenvalue weighted by molar-refractivity contribution is -0.144. The van der Waals surface area contributed by atoms with Gasteiger partial charge in [0.25, 0.3) is 11.1 Å². The number of hydrogen-bond donors (Lipinski definition) is 1. The predicted octanol–water partition coefficient (Wildman–Crippen LogP) is 0.537. The van der Waals surface area contributed by atoms with Crippen LogP contribution in [0.15, 0.2) is 33.9 Å². The Balaban J connectivity index is 2.18. The molecule has 7 nitrogen and oxygen atoms in total. The molecule has 2 aromatic rings. The summed E-state index contributed by atoms with van der Waals surface area (Å²) in [7, 11) is 0. The molecule has 1 aromatic heterocycles. The van der Waals surface area contributed by atoms with Crippen LogP contribution in [0, 0.1) is 11.3 Å². The normalized spacial score (nSPS) is 10.2. The molecule has 0 fully saturated rings. The quantitative estimate of drug-likeness (QED) is 0.638. The van der Waals surface area contributed by atoms with Gasteiger partial charge in [0, 0.05) is 6.42 Å². The van der Waals surface area contributed by atoms with Crippen LogP contribution in [-0.2, 0) is 16.1 Å². The summed E-state index contributed by atoms with van der Waals surface area (Å²) in [5.41, 5.74) is -0.901. The van der Waals surface area contributed by atoms with Crippen molar-refractivity contribution in [2.24, 2.45) is 0 Å². The summed E-state index contributed by atoms with van der Waals surface area (Å²) in [6, 6.07) is 8.31. The maximum absolute atomic E-state index is 12.1. The van der Waals surface area contributed by atoms with Crippen LogP contribution in [0.25, 0.3) is 10.8 Å². The Morgan fingerprint density at radius 1 is 1.29 bits per heavy atom. The molecule has 0 amide bonds. The van der Waals surface area contributed by atoms with Gasteiger partial charge in [0.05, 0.1) is 23.4 Å². The number of carbonyl (C=O) groups is 1. The number of aromatic nitrogens is 2. The average Bonchev–Trinajstić information content (AvgIpc) is 2.49. The minimum Gasteiger partial charge on any atom is -0.464 e. The molecular formula is C14H13N3O4. The number of benzene rings is 1. The van der Waals surface area contributed by atoms with Crippen molar-refractivity contribution in [1.29, 1.82) is 5.26 Å². The number of rotatable bonds is 5. The lowest BCUT2D eigenvalue weighted by atomic mass is 10.2. The van der Waals surface area contributed by atoms with Gasteiger partial charge in [0.1, 0.15) is 6.54 Å². The number of esters is 1. The molecule has 0 saturated heterocycles. The van der Waals surface area contributed by atoms with Gasteiger partial charge in [-0.25, -0.2) is 4.68 Å². The summed E-state index contributed by atoms with van der Waals surface area (Å²) in [4.78, 5) is 35.6. The number of nitrogens with zero attached hydrogens (tertiary/aromatic N) is 2. The van der Waals surface area contributed by atoms with Crippen molar-refractivity contribution in [2.75, 3.05) is 6.61 Å². The highest BCUT2D eigenvalue weighted by molar-refractivity contribution is 5.80. The van der Waals surface area contributed by atoms with Gasteiger partial charge in [-0.05, 0) is 18.6 Å². The topological polar surface area (TPSA) is 105 Å². The van der Waals surface area contributed by atoms with E-state index in [0.29, 0.717) is 12.8 Å². The van der Waals surface area contributed by atoms with Crippen LogP contribution in [0.3, 0.4) is 0 Å². The number of nitriles is 1. The first-order valence-electron chi connectivity index (χ1n) is 6.38. The van der Waals surface area contributed by atoms with Crippen molar-refractivity contribution in [1.82, 2.24) is 9.78 Å². The molecule has 1 heterocycles. The van der Waals surface area contributed by atoms with Gasteiger partial charge in [-0.1, -0.05) is 12.1 Å². The molecule has 7 heteroatoms. The van der Waals surface area contributed by atoms with Crippen LogP contribution in [-0.4, -0.2) is 22.4 Å². The van der Waals surface area contributed by atoms with E-state index in [9.17, 15) is 14.4 Å². The molecular weight excluding hydrogens is 274 g/mol. The third-order valence-corrected chi connectivity index (χ3v) is 2.87. The zero-order valence-electron chi connectivity index (χ0n) is 11.2. The molecule has 1 N–H and O–H groups in total. The van der Waals surface area contributed by atoms with E-state index >= 15 is 0 Å². The maximum atomic E-state index is 12.1. The van der Waals surface area contributed by atoms with Crippen LogP contribution in [0.2, 0.25) is 0 Å². The highest BCUT2D eigenvalue weighted by Crippen LogP contribution is 2.02. The van der Waals surface area contributed by atoms with Crippen molar-refractivity contribution < 1.29 is 9.53 Å². The fraction of sp³-hybridized carbons (Fsp3) is 0.286. The van der Waals surface area contributed by atoms with Crippen LogP contribution < -0.4 is 11.1 Å². The molecule has 108 valence electrons. The van der Waals surface area contributed by atoms with Gasteiger partial charge in [-0.3, -0.25) is 19.5 Å². The van der Waals surface area contributed by atoms with E-state index in [0.717, 1.165) is 4.68 Å². The summed E-state index contributed by atoms with van der Waals surface area (Å²) in [5, 5.41) is 11.2. The maximum Gasteiger partial charge on any atom is 0.327 e. The summed E-state index contributed by atoms with van der Waals surface area (Å²) in [5.74, 6) is -0.638. The van der Waals surface area contributed by atoms with Gasteiger partial charge < -0.3 is 4.74 Å². The fourth-order valence-corrected chi connectivity index (χ4v) is 1.87. The first-order valence-corrected chi connectivity index (χ1v) is 6.38.